The molecule has 0 bridgehead atoms. The highest BCUT2D eigenvalue weighted by Gasteiger charge is 2.39. The fourth-order valence-corrected chi connectivity index (χ4v) is 4.65. The lowest BCUT2D eigenvalue weighted by Gasteiger charge is -2.39. The Morgan fingerprint density at radius 1 is 1.00 bits per heavy atom. The van der Waals surface area contributed by atoms with Crippen molar-refractivity contribution in [1.82, 2.24) is 24.6 Å². The highest BCUT2D eigenvalue weighted by Crippen LogP contribution is 2.37. The molecule has 5 rings (SSSR count). The van der Waals surface area contributed by atoms with E-state index in [4.69, 9.17) is 5.10 Å². The molecule has 0 spiro atoms. The summed E-state index contributed by atoms with van der Waals surface area (Å²) < 4.78 is 41.4. The van der Waals surface area contributed by atoms with E-state index in [0.717, 1.165) is 76.4 Å². The average Bonchev–Trinajstić information content (AvgIpc) is 3.30. The third kappa shape index (κ3) is 3.97. The number of hydrogen-bond donors (Lipinski definition) is 0. The Labute approximate surface area is 167 Å². The van der Waals surface area contributed by atoms with Crippen molar-refractivity contribution in [3.05, 3.63) is 35.5 Å². The molecule has 156 valence electrons. The van der Waals surface area contributed by atoms with Crippen molar-refractivity contribution in [3.63, 3.8) is 0 Å². The zero-order valence-corrected chi connectivity index (χ0v) is 16.3. The number of rotatable bonds is 5. The third-order valence-electron chi connectivity index (χ3n) is 6.20. The minimum atomic E-state index is -4.44. The molecule has 6 nitrogen and oxygen atoms in total. The van der Waals surface area contributed by atoms with Crippen LogP contribution in [0.25, 0.3) is 0 Å². The highest BCUT2D eigenvalue weighted by molar-refractivity contribution is 5.44. The summed E-state index contributed by atoms with van der Waals surface area (Å²) in [6, 6.07) is 3.85. The summed E-state index contributed by atoms with van der Waals surface area (Å²) in [5.74, 6) is 0.416. The van der Waals surface area contributed by atoms with Crippen LogP contribution >= 0.6 is 0 Å². The molecule has 1 saturated heterocycles. The lowest BCUT2D eigenvalue weighted by Crippen LogP contribution is -2.46. The average molecular weight is 406 g/mol. The van der Waals surface area contributed by atoms with E-state index in [1.807, 2.05) is 0 Å². The van der Waals surface area contributed by atoms with Crippen molar-refractivity contribution in [2.75, 3.05) is 18.0 Å². The first kappa shape index (κ1) is 18.8. The van der Waals surface area contributed by atoms with E-state index in [9.17, 15) is 13.2 Å². The van der Waals surface area contributed by atoms with Crippen LogP contribution in [0, 0.1) is 0 Å². The first-order chi connectivity index (χ1) is 14.0. The minimum Gasteiger partial charge on any atom is -0.350 e. The molecular formula is C20H25F3N6. The number of anilines is 1. The Balaban J connectivity index is 1.25. The Morgan fingerprint density at radius 2 is 1.76 bits per heavy atom. The fraction of sp³-hybridized carbons (Fsp3) is 0.650. The van der Waals surface area contributed by atoms with Crippen LogP contribution in [-0.2, 0) is 25.7 Å². The van der Waals surface area contributed by atoms with Gasteiger partial charge >= 0.3 is 6.18 Å². The zero-order valence-electron chi connectivity index (χ0n) is 16.3. The van der Waals surface area contributed by atoms with Gasteiger partial charge in [-0.15, -0.1) is 0 Å². The normalized spacial score (nSPS) is 20.8. The van der Waals surface area contributed by atoms with Crippen molar-refractivity contribution in [3.8, 4) is 0 Å². The predicted molar refractivity (Wildman–Crippen MR) is 101 cm³/mol. The summed E-state index contributed by atoms with van der Waals surface area (Å²) >= 11 is 0. The molecule has 1 aliphatic carbocycles. The molecule has 1 saturated carbocycles. The van der Waals surface area contributed by atoms with Gasteiger partial charge in [0.25, 0.3) is 0 Å². The van der Waals surface area contributed by atoms with Gasteiger partial charge < -0.3 is 4.90 Å². The Hall–Kier alpha value is -2.16. The van der Waals surface area contributed by atoms with E-state index in [0.29, 0.717) is 11.9 Å². The highest BCUT2D eigenvalue weighted by atomic mass is 19.4. The lowest BCUT2D eigenvalue weighted by molar-refractivity contribution is -0.141. The number of hydrogen-bond acceptors (Lipinski definition) is 5. The standard InChI is InChI=1S/C20H25F3N6/c21-20(22,23)18-11-19(25-13-24-18)29(15-3-4-15)16-5-8-27(9-6-16)12-14-10-17-2-1-7-28(17)26-14/h10-11,13,15-16H,1-9,12H2. The van der Waals surface area contributed by atoms with Gasteiger partial charge in [-0.2, -0.15) is 18.3 Å². The number of likely N-dealkylation sites (tertiary alicyclic amines) is 1. The summed E-state index contributed by atoms with van der Waals surface area (Å²) in [6.45, 7) is 3.72. The van der Waals surface area contributed by atoms with Crippen LogP contribution in [0.2, 0.25) is 0 Å². The fourth-order valence-electron chi connectivity index (χ4n) is 4.65. The van der Waals surface area contributed by atoms with Crippen molar-refractivity contribution < 1.29 is 13.2 Å². The molecule has 4 heterocycles. The van der Waals surface area contributed by atoms with Gasteiger partial charge in [0.05, 0.1) is 5.69 Å². The molecule has 0 atom stereocenters. The summed E-state index contributed by atoms with van der Waals surface area (Å²) in [4.78, 5) is 12.1. The van der Waals surface area contributed by atoms with Crippen LogP contribution in [0.4, 0.5) is 19.0 Å². The second-order valence-electron chi connectivity index (χ2n) is 8.36. The van der Waals surface area contributed by atoms with E-state index >= 15 is 0 Å². The zero-order chi connectivity index (χ0) is 20.0. The molecule has 0 amide bonds. The Morgan fingerprint density at radius 3 is 2.45 bits per heavy atom. The van der Waals surface area contributed by atoms with Crippen LogP contribution in [-0.4, -0.2) is 49.8 Å². The number of fused-ring (bicyclic) bond motifs is 1. The topological polar surface area (TPSA) is 50.1 Å². The smallest absolute Gasteiger partial charge is 0.350 e. The van der Waals surface area contributed by atoms with E-state index in [-0.39, 0.29) is 6.04 Å². The molecule has 9 heteroatoms. The molecule has 0 N–H and O–H groups in total. The van der Waals surface area contributed by atoms with Crippen LogP contribution in [0.5, 0.6) is 0 Å². The van der Waals surface area contributed by atoms with Gasteiger partial charge in [-0.1, -0.05) is 0 Å². The first-order valence-electron chi connectivity index (χ1n) is 10.4. The van der Waals surface area contributed by atoms with E-state index in [2.05, 4.69) is 30.5 Å². The number of aryl methyl sites for hydroxylation is 2. The van der Waals surface area contributed by atoms with Gasteiger partial charge in [-0.25, -0.2) is 9.97 Å². The van der Waals surface area contributed by atoms with Gasteiger partial charge in [0, 0.05) is 50.0 Å². The molecule has 3 aliphatic rings. The summed E-state index contributed by atoms with van der Waals surface area (Å²) in [7, 11) is 0. The lowest BCUT2D eigenvalue weighted by atomic mass is 10.0. The quantitative estimate of drug-likeness (QED) is 0.763. The Bertz CT molecular complexity index is 846. The molecule has 0 aromatic carbocycles. The van der Waals surface area contributed by atoms with Gasteiger partial charge in [0.1, 0.15) is 17.8 Å². The molecule has 0 unspecified atom stereocenters. The van der Waals surface area contributed by atoms with Crippen LogP contribution in [0.15, 0.2) is 18.5 Å². The number of aromatic nitrogens is 4. The van der Waals surface area contributed by atoms with Crippen molar-refractivity contribution in [2.45, 2.75) is 69.9 Å². The maximum Gasteiger partial charge on any atom is 0.433 e. The van der Waals surface area contributed by atoms with E-state index < -0.39 is 11.9 Å². The number of alkyl halides is 3. The van der Waals surface area contributed by atoms with Crippen LogP contribution in [0.1, 0.15) is 49.2 Å². The third-order valence-corrected chi connectivity index (χ3v) is 6.20. The molecule has 2 fully saturated rings. The maximum atomic E-state index is 13.1. The number of nitrogens with zero attached hydrogens (tertiary/aromatic N) is 6. The molecule has 29 heavy (non-hydrogen) atoms. The van der Waals surface area contributed by atoms with Crippen molar-refractivity contribution in [1.29, 1.82) is 0 Å². The van der Waals surface area contributed by atoms with Crippen molar-refractivity contribution in [2.24, 2.45) is 0 Å². The molecule has 2 aromatic rings. The second kappa shape index (κ2) is 7.27. The predicted octanol–water partition coefficient (Wildman–Crippen LogP) is 3.27. The van der Waals surface area contributed by atoms with E-state index in [1.54, 1.807) is 0 Å². The maximum absolute atomic E-state index is 13.1. The van der Waals surface area contributed by atoms with Crippen LogP contribution in [0.3, 0.4) is 0 Å². The SMILES string of the molecule is FC(F)(F)c1cc(N(C2CC2)C2CCN(Cc3cc4n(n3)CCC4)CC2)ncn1. The second-order valence-corrected chi connectivity index (χ2v) is 8.36. The molecule has 2 aromatic heterocycles. The largest absolute Gasteiger partial charge is 0.433 e. The van der Waals surface area contributed by atoms with Crippen LogP contribution < -0.4 is 4.90 Å². The molecule has 2 aliphatic heterocycles. The summed E-state index contributed by atoms with van der Waals surface area (Å²) in [5, 5.41) is 4.70. The molecular weight excluding hydrogens is 381 g/mol. The monoisotopic (exact) mass is 406 g/mol. The van der Waals surface area contributed by atoms with Gasteiger partial charge in [-0.3, -0.25) is 9.58 Å². The molecule has 0 radical (unpaired) electrons. The minimum absolute atomic E-state index is 0.224. The number of piperidine rings is 1. The van der Waals surface area contributed by atoms with Gasteiger partial charge in [0.15, 0.2) is 0 Å². The first-order valence-corrected chi connectivity index (χ1v) is 10.4. The van der Waals surface area contributed by atoms with Crippen molar-refractivity contribution >= 4 is 5.82 Å². The number of halogens is 3. The summed E-state index contributed by atoms with van der Waals surface area (Å²) in [5.41, 5.74) is 1.60. The summed E-state index contributed by atoms with van der Waals surface area (Å²) in [6.07, 6.45) is 2.79. The Kier molecular flexibility index (Phi) is 4.72. The van der Waals surface area contributed by atoms with E-state index in [1.165, 1.54) is 12.1 Å². The van der Waals surface area contributed by atoms with Gasteiger partial charge in [0.2, 0.25) is 0 Å². The van der Waals surface area contributed by atoms with Gasteiger partial charge in [-0.05, 0) is 44.6 Å².